The van der Waals surface area contributed by atoms with Gasteiger partial charge in [0.15, 0.2) is 5.65 Å². The number of anilines is 1. The average molecular weight is 436 g/mol. The van der Waals surface area contributed by atoms with Gasteiger partial charge in [0.2, 0.25) is 0 Å². The lowest BCUT2D eigenvalue weighted by atomic mass is 9.95. The zero-order valence-corrected chi connectivity index (χ0v) is 17.4. The van der Waals surface area contributed by atoms with Crippen molar-refractivity contribution >= 4 is 16.9 Å². The summed E-state index contributed by atoms with van der Waals surface area (Å²) in [6.07, 6.45) is 4.71. The van der Waals surface area contributed by atoms with Crippen LogP contribution in [0.4, 0.5) is 19.0 Å². The van der Waals surface area contributed by atoms with Crippen molar-refractivity contribution in [1.29, 1.82) is 0 Å². The van der Waals surface area contributed by atoms with Gasteiger partial charge in [-0.1, -0.05) is 55.7 Å². The molecule has 2 aromatic carbocycles. The lowest BCUT2D eigenvalue weighted by Crippen LogP contribution is -2.23. The number of alkyl halides is 3. The van der Waals surface area contributed by atoms with Crippen molar-refractivity contribution in [3.8, 4) is 16.8 Å². The molecular formula is C25H23F3N4. The van der Waals surface area contributed by atoms with E-state index in [1.54, 1.807) is 10.6 Å². The Hall–Kier alpha value is -3.35. The van der Waals surface area contributed by atoms with E-state index in [9.17, 15) is 13.2 Å². The Morgan fingerprint density at radius 2 is 1.69 bits per heavy atom. The van der Waals surface area contributed by atoms with Gasteiger partial charge in [-0.25, -0.2) is 9.97 Å². The lowest BCUT2D eigenvalue weighted by Gasteiger charge is -2.23. The smallest absolute Gasteiger partial charge is 0.367 e. The van der Waals surface area contributed by atoms with Crippen LogP contribution in [0.1, 0.15) is 37.7 Å². The molecule has 2 aromatic heterocycles. The van der Waals surface area contributed by atoms with Crippen LogP contribution in [0.2, 0.25) is 0 Å². The fraction of sp³-hybridized carbons (Fsp3) is 0.280. The van der Waals surface area contributed by atoms with Crippen LogP contribution >= 0.6 is 0 Å². The van der Waals surface area contributed by atoms with Crippen LogP contribution in [-0.4, -0.2) is 20.6 Å². The van der Waals surface area contributed by atoms with E-state index in [2.05, 4.69) is 15.3 Å². The Kier molecular flexibility index (Phi) is 5.33. The van der Waals surface area contributed by atoms with Crippen molar-refractivity contribution in [2.24, 2.45) is 0 Å². The second-order valence-corrected chi connectivity index (χ2v) is 8.23. The maximum Gasteiger partial charge on any atom is 0.416 e. The third-order valence-corrected chi connectivity index (χ3v) is 6.07. The van der Waals surface area contributed by atoms with Gasteiger partial charge in [0.05, 0.1) is 10.9 Å². The highest BCUT2D eigenvalue weighted by atomic mass is 19.4. The molecule has 1 N–H and O–H groups in total. The maximum atomic E-state index is 13.3. The molecule has 7 heteroatoms. The Morgan fingerprint density at radius 3 is 2.44 bits per heavy atom. The monoisotopic (exact) mass is 436 g/mol. The molecule has 1 fully saturated rings. The van der Waals surface area contributed by atoms with Gasteiger partial charge in [0.25, 0.3) is 0 Å². The largest absolute Gasteiger partial charge is 0.416 e. The highest BCUT2D eigenvalue weighted by Gasteiger charge is 2.31. The fourth-order valence-corrected chi connectivity index (χ4v) is 4.48. The standard InChI is InChI=1S/C25H23F3N4/c26-25(27,28)18-10-7-13-20(14-18)32-15-21(17-8-3-1-4-9-17)22-23(29-16-30-24(22)32)31-19-11-5-2-6-12-19/h1,3-4,7-10,13-16,19H,2,5-6,11-12H2,(H,29,30,31). The van der Waals surface area contributed by atoms with Crippen molar-refractivity contribution < 1.29 is 13.2 Å². The Labute approximate surface area is 184 Å². The Bertz CT molecular complexity index is 1230. The van der Waals surface area contributed by atoms with Gasteiger partial charge >= 0.3 is 6.18 Å². The third-order valence-electron chi connectivity index (χ3n) is 6.07. The quantitative estimate of drug-likeness (QED) is 0.380. The zero-order valence-electron chi connectivity index (χ0n) is 17.4. The van der Waals surface area contributed by atoms with Gasteiger partial charge in [0, 0.05) is 23.5 Å². The van der Waals surface area contributed by atoms with E-state index in [-0.39, 0.29) is 0 Å². The number of halogens is 3. The molecule has 0 spiro atoms. The molecule has 1 saturated carbocycles. The molecule has 32 heavy (non-hydrogen) atoms. The molecule has 1 aliphatic carbocycles. The van der Waals surface area contributed by atoms with Gasteiger partial charge in [0.1, 0.15) is 12.1 Å². The molecule has 4 nitrogen and oxygen atoms in total. The minimum Gasteiger partial charge on any atom is -0.367 e. The van der Waals surface area contributed by atoms with E-state index >= 15 is 0 Å². The number of nitrogens with one attached hydrogen (secondary N) is 1. The molecular weight excluding hydrogens is 413 g/mol. The minimum atomic E-state index is -4.41. The SMILES string of the molecule is FC(F)(F)c1cccc(-n2cc(-c3ccccc3)c3c(NC4CCCCC4)ncnc32)c1. The second-order valence-electron chi connectivity index (χ2n) is 8.23. The first-order valence-corrected chi connectivity index (χ1v) is 10.9. The minimum absolute atomic E-state index is 0.336. The Balaban J connectivity index is 1.69. The van der Waals surface area contributed by atoms with Crippen LogP contribution in [0.3, 0.4) is 0 Å². The predicted octanol–water partition coefficient (Wildman–Crippen LogP) is 6.85. The summed E-state index contributed by atoms with van der Waals surface area (Å²) in [4.78, 5) is 9.02. The Morgan fingerprint density at radius 1 is 0.906 bits per heavy atom. The van der Waals surface area contributed by atoms with E-state index in [1.807, 2.05) is 36.5 Å². The first-order chi connectivity index (χ1) is 15.5. The molecule has 0 aliphatic heterocycles. The summed E-state index contributed by atoms with van der Waals surface area (Å²) < 4.78 is 41.8. The van der Waals surface area contributed by atoms with Crippen molar-refractivity contribution in [3.63, 3.8) is 0 Å². The topological polar surface area (TPSA) is 42.7 Å². The summed E-state index contributed by atoms with van der Waals surface area (Å²) in [5, 5.41) is 4.41. The number of nitrogens with zero attached hydrogens (tertiary/aromatic N) is 3. The first-order valence-electron chi connectivity index (χ1n) is 10.9. The number of hydrogen-bond acceptors (Lipinski definition) is 3. The zero-order chi connectivity index (χ0) is 22.1. The molecule has 0 bridgehead atoms. The fourth-order valence-electron chi connectivity index (χ4n) is 4.48. The van der Waals surface area contributed by atoms with Crippen molar-refractivity contribution in [1.82, 2.24) is 14.5 Å². The number of rotatable bonds is 4. The molecule has 164 valence electrons. The number of benzene rings is 2. The van der Waals surface area contributed by atoms with Gasteiger partial charge in [-0.15, -0.1) is 0 Å². The van der Waals surface area contributed by atoms with E-state index in [0.717, 1.165) is 47.3 Å². The molecule has 0 amide bonds. The average Bonchev–Trinajstić information content (AvgIpc) is 3.21. The second kappa shape index (κ2) is 8.30. The summed E-state index contributed by atoms with van der Waals surface area (Å²) in [5.74, 6) is 0.728. The van der Waals surface area contributed by atoms with Crippen LogP contribution in [0.25, 0.3) is 27.8 Å². The van der Waals surface area contributed by atoms with Gasteiger partial charge in [-0.2, -0.15) is 13.2 Å². The van der Waals surface area contributed by atoms with E-state index < -0.39 is 11.7 Å². The van der Waals surface area contributed by atoms with Crippen molar-refractivity contribution in [3.05, 3.63) is 72.7 Å². The van der Waals surface area contributed by atoms with Gasteiger partial charge in [-0.3, -0.25) is 0 Å². The third kappa shape index (κ3) is 3.95. The van der Waals surface area contributed by atoms with Crippen molar-refractivity contribution in [2.45, 2.75) is 44.3 Å². The number of hydrogen-bond donors (Lipinski definition) is 1. The maximum absolute atomic E-state index is 13.3. The van der Waals surface area contributed by atoms with Gasteiger partial charge in [-0.05, 0) is 36.6 Å². The molecule has 0 atom stereocenters. The molecule has 5 rings (SSSR count). The molecule has 0 unspecified atom stereocenters. The predicted molar refractivity (Wildman–Crippen MR) is 120 cm³/mol. The summed E-state index contributed by atoms with van der Waals surface area (Å²) in [5.41, 5.74) is 2.15. The molecule has 0 radical (unpaired) electrons. The van der Waals surface area contributed by atoms with E-state index in [1.165, 1.54) is 31.7 Å². The van der Waals surface area contributed by atoms with Crippen LogP contribution in [-0.2, 0) is 6.18 Å². The van der Waals surface area contributed by atoms with Crippen LogP contribution in [0, 0.1) is 0 Å². The molecule has 4 aromatic rings. The molecule has 1 aliphatic rings. The summed E-state index contributed by atoms with van der Waals surface area (Å²) in [6.45, 7) is 0. The summed E-state index contributed by atoms with van der Waals surface area (Å²) >= 11 is 0. The van der Waals surface area contributed by atoms with Crippen molar-refractivity contribution in [2.75, 3.05) is 5.32 Å². The highest BCUT2D eigenvalue weighted by molar-refractivity contribution is 6.02. The molecule has 0 saturated heterocycles. The lowest BCUT2D eigenvalue weighted by molar-refractivity contribution is -0.137. The van der Waals surface area contributed by atoms with Crippen LogP contribution in [0.15, 0.2) is 67.1 Å². The highest BCUT2D eigenvalue weighted by Crippen LogP contribution is 2.37. The van der Waals surface area contributed by atoms with E-state index in [0.29, 0.717) is 17.4 Å². The molecule has 2 heterocycles. The first kappa shape index (κ1) is 20.5. The summed E-state index contributed by atoms with van der Waals surface area (Å²) in [6, 6.07) is 15.5. The number of fused-ring (bicyclic) bond motifs is 1. The number of aromatic nitrogens is 3. The van der Waals surface area contributed by atoms with Crippen LogP contribution in [0.5, 0.6) is 0 Å². The van der Waals surface area contributed by atoms with E-state index in [4.69, 9.17) is 0 Å². The van der Waals surface area contributed by atoms with Crippen LogP contribution < -0.4 is 5.32 Å². The van der Waals surface area contributed by atoms with Gasteiger partial charge < -0.3 is 9.88 Å². The summed E-state index contributed by atoms with van der Waals surface area (Å²) in [7, 11) is 0. The normalized spacial score (nSPS) is 15.2.